The van der Waals surface area contributed by atoms with Crippen LogP contribution in [0, 0.1) is 0 Å². The quantitative estimate of drug-likeness (QED) is 0.0572. The van der Waals surface area contributed by atoms with Crippen LogP contribution in [0.3, 0.4) is 0 Å². The van der Waals surface area contributed by atoms with Crippen LogP contribution in [-0.4, -0.2) is 114 Å². The molecule has 0 spiro atoms. The number of nitrogens with one attached hydrogen (secondary N) is 4. The molecule has 0 radical (unpaired) electrons. The van der Waals surface area contributed by atoms with Crippen molar-refractivity contribution in [3.8, 4) is 0 Å². The van der Waals surface area contributed by atoms with Crippen LogP contribution in [0.1, 0.15) is 73.8 Å². The number of aliphatic carboxylic acids is 1. The third-order valence-electron chi connectivity index (χ3n) is 7.97. The summed E-state index contributed by atoms with van der Waals surface area (Å²) in [6, 6.07) is 5.16. The minimum atomic E-state index is -1.23. The molecule has 1 atom stereocenters. The number of fused-ring (bicyclic) bond motifs is 1. The van der Waals surface area contributed by atoms with Crippen LogP contribution < -0.4 is 21.9 Å². The number of aromatic amines is 1. The summed E-state index contributed by atoms with van der Waals surface area (Å²) in [5, 5.41) is 19.3. The molecule has 318 valence electrons. The predicted molar refractivity (Wildman–Crippen MR) is 213 cm³/mol. The number of anilines is 2. The van der Waals surface area contributed by atoms with Crippen molar-refractivity contribution >= 4 is 65.1 Å². The zero-order valence-corrected chi connectivity index (χ0v) is 35.3. The van der Waals surface area contributed by atoms with E-state index in [-0.39, 0.29) is 66.6 Å². The molecule has 21 heteroatoms. The van der Waals surface area contributed by atoms with Crippen molar-refractivity contribution in [2.24, 2.45) is 0 Å². The van der Waals surface area contributed by atoms with Gasteiger partial charge in [-0.1, -0.05) is 0 Å². The van der Waals surface area contributed by atoms with E-state index in [1.165, 1.54) is 6.20 Å². The number of Topliss-reactive ketones (excluding diaryl/α,β-unsaturated/α-hetero) is 2. The number of ketones is 2. The molecule has 0 aliphatic heterocycles. The molecule has 0 saturated heterocycles. The number of rotatable bonds is 30. The fourth-order valence-electron chi connectivity index (χ4n) is 5.03. The number of carbonyl (C=O) groups is 4. The fraction of sp³-hybridized carbons (Fsp3) is 0.556. The predicted octanol–water partition coefficient (Wildman–Crippen LogP) is 4.59. The number of ether oxygens (including phenoxy) is 3. The number of hydrogen-bond acceptors (Lipinski definition) is 13. The van der Waals surface area contributed by atoms with Gasteiger partial charge in [0.2, 0.25) is 5.95 Å². The van der Waals surface area contributed by atoms with Crippen molar-refractivity contribution in [2.45, 2.75) is 70.4 Å². The Balaban J connectivity index is 0.00000362. The maximum absolute atomic E-state index is 12.8. The Morgan fingerprint density at radius 3 is 2.07 bits per heavy atom. The minimum Gasteiger partial charge on any atom is -0.679 e. The van der Waals surface area contributed by atoms with E-state index in [1.54, 1.807) is 24.3 Å². The van der Waals surface area contributed by atoms with Crippen molar-refractivity contribution in [1.82, 2.24) is 25.3 Å². The molecule has 0 bridgehead atoms. The van der Waals surface area contributed by atoms with Crippen LogP contribution in [0.5, 0.6) is 0 Å². The third kappa shape index (κ3) is 22.2. The van der Waals surface area contributed by atoms with E-state index in [4.69, 9.17) is 44.5 Å². The van der Waals surface area contributed by atoms with Crippen LogP contribution in [-0.2, 0) is 51.6 Å². The van der Waals surface area contributed by atoms with E-state index in [9.17, 15) is 29.1 Å². The molecule has 0 fully saturated rings. The van der Waals surface area contributed by atoms with Gasteiger partial charge in [-0.3, -0.25) is 24.2 Å². The summed E-state index contributed by atoms with van der Waals surface area (Å²) < 4.78 is 16.5. The average Bonchev–Trinajstić information content (AvgIpc) is 3.18. The third-order valence-corrected chi connectivity index (χ3v) is 7.97. The molecule has 0 saturated carbocycles. The number of benzene rings is 1. The number of halogens is 2. The number of amides is 1. The second-order valence-electron chi connectivity index (χ2n) is 12.4. The Kier molecular flexibility index (Phi) is 26.5. The SMILES string of the molecule is [Cl][Pt+2][Cl].[NH-]CC[N-]CCC(=O)CCCCOCCOCCOCCCCC(=O)CCC(NC(=O)c1ccc(NCc2cnc3c(=O)[nH]c(N)nc3n2)cc1)C(=O)O. The van der Waals surface area contributed by atoms with Crippen molar-refractivity contribution < 1.29 is 55.0 Å². The number of carboxylic acid groups (broad SMARTS) is 1. The fourth-order valence-corrected chi connectivity index (χ4v) is 5.03. The Bertz CT molecular complexity index is 1710. The van der Waals surface area contributed by atoms with Gasteiger partial charge in [0.25, 0.3) is 11.5 Å². The number of carbonyl (C=O) groups excluding carboxylic acids is 3. The zero-order chi connectivity index (χ0) is 41.7. The molecule has 1 aromatic carbocycles. The first kappa shape index (κ1) is 49.5. The number of unbranched alkanes of at least 4 members (excludes halogenated alkanes) is 2. The molecule has 1 amide bonds. The van der Waals surface area contributed by atoms with Crippen LogP contribution in [0.2, 0.25) is 0 Å². The number of hydrogen-bond donors (Lipinski definition) is 5. The molecule has 0 aliphatic rings. The molecule has 2 heterocycles. The number of H-pyrrole nitrogens is 1. The Morgan fingerprint density at radius 1 is 0.877 bits per heavy atom. The summed E-state index contributed by atoms with van der Waals surface area (Å²) in [6.45, 7) is 4.30. The normalized spacial score (nSPS) is 11.5. The topological polar surface area (TPSA) is 276 Å². The standard InChI is InChI=1S/C36H51N9O9.2ClH.Pt/c37-14-16-39-15-13-29(47)6-2-4-18-53-20-22-54-21-19-52-17-3-1-5-28(46)11-12-30(35(50)51)43-33(48)25-7-9-26(10-8-25)40-23-27-24-41-31-32(42-27)44-36(38)45-34(31)49;;;/h7-10,24,30,37,40H,1-6,11-23H2,(H,43,48)(H,50,51)(H3,38,42,44,45,49);2*1H;/q-2;;;+4/p-2. The second kappa shape index (κ2) is 30.5. The van der Waals surface area contributed by atoms with Gasteiger partial charge in [0.1, 0.15) is 17.6 Å². The van der Waals surface area contributed by atoms with Crippen molar-refractivity contribution in [3.63, 3.8) is 0 Å². The summed E-state index contributed by atoms with van der Waals surface area (Å²) in [7, 11) is 9.75. The molecule has 0 aliphatic carbocycles. The maximum atomic E-state index is 12.8. The number of nitrogens with two attached hydrogens (primary N) is 1. The van der Waals surface area contributed by atoms with E-state index >= 15 is 0 Å². The molecule has 1 unspecified atom stereocenters. The molecule has 3 aromatic rings. The van der Waals surface area contributed by atoms with Crippen LogP contribution in [0.15, 0.2) is 35.3 Å². The molecular formula is C36H51Cl2N9O9Pt. The number of nitrogens with zero attached hydrogens (tertiary/aromatic N) is 4. The molecule has 57 heavy (non-hydrogen) atoms. The van der Waals surface area contributed by atoms with E-state index in [0.717, 1.165) is 12.8 Å². The van der Waals surface area contributed by atoms with E-state index in [2.05, 4.69) is 35.9 Å². The monoisotopic (exact) mass is 1020 g/mol. The van der Waals surface area contributed by atoms with Gasteiger partial charge in [0.05, 0.1) is 44.9 Å². The van der Waals surface area contributed by atoms with Gasteiger partial charge in [-0.2, -0.15) is 18.1 Å². The Hall–Kier alpha value is -3.61. The van der Waals surface area contributed by atoms with Gasteiger partial charge in [-0.25, -0.2) is 14.8 Å². The number of aromatic nitrogens is 4. The van der Waals surface area contributed by atoms with E-state index < -0.39 is 40.0 Å². The summed E-state index contributed by atoms with van der Waals surface area (Å²) >= 11 is -0.472. The van der Waals surface area contributed by atoms with Crippen LogP contribution in [0.25, 0.3) is 22.2 Å². The largest absolute Gasteiger partial charge is 0.679 e. The van der Waals surface area contributed by atoms with Gasteiger partial charge >= 0.3 is 41.3 Å². The molecule has 2 aromatic heterocycles. The smallest absolute Gasteiger partial charge is 0.326 e. The molecule has 7 N–H and O–H groups in total. The van der Waals surface area contributed by atoms with Crippen molar-refractivity contribution in [3.05, 3.63) is 63.1 Å². The van der Waals surface area contributed by atoms with Gasteiger partial charge in [0.15, 0.2) is 11.2 Å². The number of carboxylic acids is 1. The summed E-state index contributed by atoms with van der Waals surface area (Å²) in [5.74, 6) is -1.76. The zero-order valence-electron chi connectivity index (χ0n) is 31.6. The van der Waals surface area contributed by atoms with E-state index in [1.807, 2.05) is 0 Å². The summed E-state index contributed by atoms with van der Waals surface area (Å²) in [4.78, 5) is 75.3. The summed E-state index contributed by atoms with van der Waals surface area (Å²) in [6.07, 6.45) is 5.56. The van der Waals surface area contributed by atoms with Crippen LogP contribution >= 0.6 is 18.8 Å². The molecular weight excluding hydrogens is 968 g/mol. The Morgan fingerprint density at radius 2 is 1.47 bits per heavy atom. The van der Waals surface area contributed by atoms with Crippen molar-refractivity contribution in [2.75, 3.05) is 70.3 Å². The minimum absolute atomic E-state index is 0.0214. The van der Waals surface area contributed by atoms with E-state index in [0.29, 0.717) is 89.8 Å². The molecule has 18 nitrogen and oxygen atoms in total. The van der Waals surface area contributed by atoms with Gasteiger partial charge < -0.3 is 46.7 Å². The van der Waals surface area contributed by atoms with Gasteiger partial charge in [-0.05, 0) is 62.8 Å². The summed E-state index contributed by atoms with van der Waals surface area (Å²) in [5.41, 5.74) is 13.7. The van der Waals surface area contributed by atoms with Gasteiger partial charge in [-0.15, -0.1) is 6.54 Å². The average molecular weight is 1020 g/mol. The van der Waals surface area contributed by atoms with Crippen LogP contribution in [0.4, 0.5) is 11.6 Å². The van der Waals surface area contributed by atoms with Crippen molar-refractivity contribution in [1.29, 1.82) is 0 Å². The second-order valence-corrected chi connectivity index (χ2v) is 15.6. The maximum Gasteiger partial charge on any atom is 0.326 e. The molecule has 3 rings (SSSR count). The van der Waals surface area contributed by atoms with Gasteiger partial charge in [0, 0.05) is 43.7 Å². The first-order chi connectivity index (χ1) is 27.6. The first-order valence-corrected chi connectivity index (χ1v) is 24.0. The number of nitrogen functional groups attached to an aromatic ring is 1. The Labute approximate surface area is 347 Å². The first-order valence-electron chi connectivity index (χ1n) is 18.3.